The second-order valence-electron chi connectivity index (χ2n) is 7.31. The molecule has 1 fully saturated rings. The smallest absolute Gasteiger partial charge is 0.325 e. The highest BCUT2D eigenvalue weighted by molar-refractivity contribution is 5.90. The van der Waals surface area contributed by atoms with E-state index >= 15 is 0 Å². The second kappa shape index (κ2) is 8.95. The fourth-order valence-corrected chi connectivity index (χ4v) is 3.96. The van der Waals surface area contributed by atoms with Gasteiger partial charge in [0.05, 0.1) is 0 Å². The lowest BCUT2D eigenvalue weighted by Crippen LogP contribution is -2.48. The topological polar surface area (TPSA) is 105 Å². The Kier molecular flexibility index (Phi) is 5.93. The molecular weight excluding hydrogens is 382 g/mol. The highest BCUT2D eigenvalue weighted by atomic mass is 16.5. The number of piperazine rings is 1. The van der Waals surface area contributed by atoms with E-state index in [4.69, 9.17) is 10.00 Å². The van der Waals surface area contributed by atoms with Crippen LogP contribution in [0.2, 0.25) is 0 Å². The van der Waals surface area contributed by atoms with Gasteiger partial charge in [-0.15, -0.1) is 0 Å². The Morgan fingerprint density at radius 1 is 1.23 bits per heavy atom. The van der Waals surface area contributed by atoms with Crippen LogP contribution in [0.1, 0.15) is 17.2 Å². The number of carbonyl (C=O) groups is 1. The fourth-order valence-electron chi connectivity index (χ4n) is 3.96. The Balaban J connectivity index is 1.51. The molecule has 2 aromatic heterocycles. The maximum atomic E-state index is 12.2. The van der Waals surface area contributed by atoms with Crippen molar-refractivity contribution in [3.63, 3.8) is 0 Å². The third kappa shape index (κ3) is 4.27. The molecule has 4 rings (SSSR count). The molecular formula is C22H23N5O3. The molecule has 0 aliphatic carbocycles. The lowest BCUT2D eigenvalue weighted by molar-refractivity contribution is -0.144. The number of hydrogen-bond acceptors (Lipinski definition) is 6. The van der Waals surface area contributed by atoms with E-state index < -0.39 is 12.0 Å². The number of aromatic amines is 1. The minimum Gasteiger partial charge on any atom is -0.480 e. The number of nitriles is 1. The normalized spacial score (nSPS) is 16.2. The zero-order chi connectivity index (χ0) is 20.9. The number of fused-ring (bicyclic) bond motifs is 1. The first kappa shape index (κ1) is 19.9. The molecule has 1 aliphatic heterocycles. The van der Waals surface area contributed by atoms with Crippen LogP contribution >= 0.6 is 0 Å². The highest BCUT2D eigenvalue weighted by Crippen LogP contribution is 2.32. The molecule has 1 atom stereocenters. The molecule has 154 valence electrons. The summed E-state index contributed by atoms with van der Waals surface area (Å²) >= 11 is 0. The quantitative estimate of drug-likeness (QED) is 0.622. The summed E-state index contributed by atoms with van der Waals surface area (Å²) in [6, 6.07) is 10.6. The Labute approximate surface area is 174 Å². The summed E-state index contributed by atoms with van der Waals surface area (Å²) in [6.45, 7) is 3.71. The van der Waals surface area contributed by atoms with Crippen LogP contribution in [-0.4, -0.2) is 63.6 Å². The molecule has 30 heavy (non-hydrogen) atoms. The number of ether oxygens (including phenoxy) is 1. The second-order valence-corrected chi connectivity index (χ2v) is 7.31. The monoisotopic (exact) mass is 405 g/mol. The van der Waals surface area contributed by atoms with Crippen LogP contribution < -0.4 is 4.74 Å². The van der Waals surface area contributed by atoms with Crippen molar-refractivity contribution in [1.29, 1.82) is 5.26 Å². The number of rotatable bonds is 7. The molecule has 1 saturated heterocycles. The molecule has 1 aromatic carbocycles. The van der Waals surface area contributed by atoms with Crippen LogP contribution in [0.3, 0.4) is 0 Å². The van der Waals surface area contributed by atoms with E-state index in [0.29, 0.717) is 24.4 Å². The number of nitrogens with zero attached hydrogens (tertiary/aromatic N) is 4. The number of carboxylic acids is 1. The standard InChI is InChI=1S/C22H23N5O3/c23-5-12-30-17-1-2-20-18(13-17)19(14-25-20)21(22(28)29)27-10-8-26(9-11-27)15-16-3-6-24-7-4-16/h1-4,6-7,13-14,21,25H,8-12,15H2,(H,28,29)/t21-/m0/s1. The first-order chi connectivity index (χ1) is 14.7. The molecule has 0 spiro atoms. The molecule has 0 unspecified atom stereocenters. The molecule has 0 saturated carbocycles. The first-order valence-corrected chi connectivity index (χ1v) is 9.84. The van der Waals surface area contributed by atoms with Crippen molar-refractivity contribution in [2.45, 2.75) is 12.6 Å². The lowest BCUT2D eigenvalue weighted by atomic mass is 10.0. The minimum atomic E-state index is -0.873. The van der Waals surface area contributed by atoms with E-state index in [1.807, 2.05) is 29.2 Å². The van der Waals surface area contributed by atoms with Crippen molar-refractivity contribution >= 4 is 16.9 Å². The molecule has 0 amide bonds. The predicted octanol–water partition coefficient (Wildman–Crippen LogP) is 2.41. The highest BCUT2D eigenvalue weighted by Gasteiger charge is 2.32. The summed E-state index contributed by atoms with van der Waals surface area (Å²) in [5.41, 5.74) is 2.76. The van der Waals surface area contributed by atoms with Crippen LogP contribution in [0, 0.1) is 11.3 Å². The summed E-state index contributed by atoms with van der Waals surface area (Å²) in [5.74, 6) is -0.321. The van der Waals surface area contributed by atoms with Gasteiger partial charge < -0.3 is 14.8 Å². The molecule has 3 heterocycles. The molecule has 0 radical (unpaired) electrons. The maximum Gasteiger partial charge on any atom is 0.325 e. The van der Waals surface area contributed by atoms with Gasteiger partial charge in [-0.2, -0.15) is 5.26 Å². The largest absolute Gasteiger partial charge is 0.480 e. The van der Waals surface area contributed by atoms with E-state index in [1.165, 1.54) is 5.56 Å². The number of aromatic nitrogens is 2. The van der Waals surface area contributed by atoms with Crippen molar-refractivity contribution in [1.82, 2.24) is 19.8 Å². The van der Waals surface area contributed by atoms with Crippen molar-refractivity contribution in [2.24, 2.45) is 0 Å². The Bertz CT molecular complexity index is 1050. The zero-order valence-corrected chi connectivity index (χ0v) is 16.5. The van der Waals surface area contributed by atoms with Gasteiger partial charge in [0, 0.05) is 67.8 Å². The SMILES string of the molecule is N#CCOc1ccc2[nH]cc([C@@H](C(=O)O)N3CCN(Cc4ccncc4)CC3)c2c1. The third-order valence-corrected chi connectivity index (χ3v) is 5.44. The van der Waals surface area contributed by atoms with Gasteiger partial charge in [-0.1, -0.05) is 0 Å². The van der Waals surface area contributed by atoms with Crippen LogP contribution in [0.25, 0.3) is 10.9 Å². The van der Waals surface area contributed by atoms with Gasteiger partial charge in [-0.3, -0.25) is 19.6 Å². The van der Waals surface area contributed by atoms with Gasteiger partial charge in [0.15, 0.2) is 6.61 Å². The zero-order valence-electron chi connectivity index (χ0n) is 16.5. The number of nitrogens with one attached hydrogen (secondary N) is 1. The van der Waals surface area contributed by atoms with Crippen LogP contribution in [0.4, 0.5) is 0 Å². The molecule has 1 aliphatic rings. The van der Waals surface area contributed by atoms with Crippen LogP contribution in [0.5, 0.6) is 5.75 Å². The average molecular weight is 405 g/mol. The lowest BCUT2D eigenvalue weighted by Gasteiger charge is -2.37. The number of pyridine rings is 1. The number of aliphatic carboxylic acids is 1. The van der Waals surface area contributed by atoms with Gasteiger partial charge in [-0.25, -0.2) is 0 Å². The van der Waals surface area contributed by atoms with Crippen LogP contribution in [-0.2, 0) is 11.3 Å². The molecule has 0 bridgehead atoms. The summed E-state index contributed by atoms with van der Waals surface area (Å²) in [6.07, 6.45) is 5.34. The van der Waals surface area contributed by atoms with E-state index in [2.05, 4.69) is 14.9 Å². The van der Waals surface area contributed by atoms with Gasteiger partial charge in [0.1, 0.15) is 17.9 Å². The molecule has 8 nitrogen and oxygen atoms in total. The third-order valence-electron chi connectivity index (χ3n) is 5.44. The number of benzene rings is 1. The molecule has 8 heteroatoms. The van der Waals surface area contributed by atoms with Gasteiger partial charge in [0.25, 0.3) is 0 Å². The van der Waals surface area contributed by atoms with E-state index in [9.17, 15) is 9.90 Å². The number of carboxylic acid groups (broad SMARTS) is 1. The van der Waals surface area contributed by atoms with Crippen LogP contribution in [0.15, 0.2) is 48.9 Å². The Hall–Kier alpha value is -3.41. The van der Waals surface area contributed by atoms with Crippen molar-refractivity contribution in [3.05, 3.63) is 60.0 Å². The number of hydrogen-bond donors (Lipinski definition) is 2. The van der Waals surface area contributed by atoms with Crippen molar-refractivity contribution < 1.29 is 14.6 Å². The van der Waals surface area contributed by atoms with Crippen molar-refractivity contribution in [3.8, 4) is 11.8 Å². The van der Waals surface area contributed by atoms with Gasteiger partial charge in [-0.05, 0) is 35.9 Å². The van der Waals surface area contributed by atoms with Gasteiger partial charge in [0.2, 0.25) is 0 Å². The number of H-pyrrole nitrogens is 1. The van der Waals surface area contributed by atoms with Crippen molar-refractivity contribution in [2.75, 3.05) is 32.8 Å². The van der Waals surface area contributed by atoms with Gasteiger partial charge >= 0.3 is 5.97 Å². The maximum absolute atomic E-state index is 12.2. The predicted molar refractivity (Wildman–Crippen MR) is 111 cm³/mol. The average Bonchev–Trinajstić information content (AvgIpc) is 3.17. The summed E-state index contributed by atoms with van der Waals surface area (Å²) in [7, 11) is 0. The van der Waals surface area contributed by atoms with E-state index in [1.54, 1.807) is 30.7 Å². The summed E-state index contributed by atoms with van der Waals surface area (Å²) in [5, 5.41) is 19.5. The molecule has 2 N–H and O–H groups in total. The van der Waals surface area contributed by atoms with E-state index in [0.717, 1.165) is 30.5 Å². The summed E-state index contributed by atoms with van der Waals surface area (Å²) in [4.78, 5) is 23.8. The van der Waals surface area contributed by atoms with E-state index in [-0.39, 0.29) is 6.61 Å². The fraction of sp³-hybridized carbons (Fsp3) is 0.318. The molecule has 3 aromatic rings. The first-order valence-electron chi connectivity index (χ1n) is 9.84. The minimum absolute atomic E-state index is 0.0486. The Morgan fingerprint density at radius 2 is 2.00 bits per heavy atom. The summed E-state index contributed by atoms with van der Waals surface area (Å²) < 4.78 is 5.40. The Morgan fingerprint density at radius 3 is 2.70 bits per heavy atom.